The van der Waals surface area contributed by atoms with Crippen LogP contribution in [-0.2, 0) is 9.59 Å². The molecule has 0 aromatic heterocycles. The Morgan fingerprint density at radius 1 is 1.14 bits per heavy atom. The number of fused-ring (bicyclic) bond motifs is 4. The zero-order chi connectivity index (χ0) is 21.3. The first-order valence-corrected chi connectivity index (χ1v) is 11.4. The first kappa shape index (κ1) is 21.2. The number of carbonyl (C=O) groups is 2. The Morgan fingerprint density at radius 2 is 1.83 bits per heavy atom. The highest BCUT2D eigenvalue weighted by molar-refractivity contribution is 6.12. The van der Waals surface area contributed by atoms with Crippen LogP contribution >= 0.6 is 0 Å². The average Bonchev–Trinajstić information content (AvgIpc) is 3.03. The molecule has 5 nitrogen and oxygen atoms in total. The molecule has 0 bridgehead atoms. The number of hydrogen-bond acceptors (Lipinski definition) is 5. The Kier molecular flexibility index (Phi) is 5.12. The van der Waals surface area contributed by atoms with E-state index in [2.05, 4.69) is 13.8 Å². The zero-order valence-corrected chi connectivity index (χ0v) is 18.1. The van der Waals surface area contributed by atoms with Gasteiger partial charge in [0.05, 0.1) is 6.10 Å². The summed E-state index contributed by atoms with van der Waals surface area (Å²) in [5, 5.41) is 31.1. The molecule has 0 aromatic carbocycles. The van der Waals surface area contributed by atoms with Crippen LogP contribution in [0.5, 0.6) is 0 Å². The van der Waals surface area contributed by atoms with E-state index in [4.69, 9.17) is 0 Å². The Hall–Kier alpha value is -1.04. The van der Waals surface area contributed by atoms with Gasteiger partial charge in [0.25, 0.3) is 0 Å². The van der Waals surface area contributed by atoms with Crippen LogP contribution in [0.1, 0.15) is 66.2 Å². The van der Waals surface area contributed by atoms with Crippen LogP contribution < -0.4 is 0 Å². The molecule has 0 aromatic rings. The standard InChI is InChI=1S/C24H36O5/c1-12(8-10-25)14-5-6-15-19-18(27)11-16-13(2)17(26)7-9-23(16,3)20(19)21(28)22(29)24(14,15)4/h12-17,22,25-26,29H,5-11H2,1-4H3/t12-,13+,14-,15+,16+,17-,22+,23+,24-/m1/s1. The van der Waals surface area contributed by atoms with E-state index in [1.54, 1.807) is 0 Å². The lowest BCUT2D eigenvalue weighted by molar-refractivity contribution is -0.145. The molecule has 0 heterocycles. The minimum Gasteiger partial charge on any atom is -0.396 e. The van der Waals surface area contributed by atoms with Crippen molar-refractivity contribution in [1.29, 1.82) is 0 Å². The van der Waals surface area contributed by atoms with Gasteiger partial charge in [0.2, 0.25) is 0 Å². The maximum absolute atomic E-state index is 13.7. The summed E-state index contributed by atoms with van der Waals surface area (Å²) >= 11 is 0. The molecule has 0 saturated heterocycles. The highest BCUT2D eigenvalue weighted by Crippen LogP contribution is 2.64. The van der Waals surface area contributed by atoms with E-state index in [0.29, 0.717) is 36.8 Å². The van der Waals surface area contributed by atoms with Crippen molar-refractivity contribution >= 4 is 11.6 Å². The number of hydrogen-bond donors (Lipinski definition) is 3. The Labute approximate surface area is 173 Å². The normalized spacial score (nSPS) is 48.2. The van der Waals surface area contributed by atoms with Gasteiger partial charge in [-0.15, -0.1) is 0 Å². The average molecular weight is 405 g/mol. The number of Topliss-reactive ketones (excluding diaryl/α,β-unsaturated/α-hetero) is 2. The van der Waals surface area contributed by atoms with Gasteiger partial charge >= 0.3 is 0 Å². The van der Waals surface area contributed by atoms with E-state index in [0.717, 1.165) is 12.8 Å². The molecule has 2 fully saturated rings. The van der Waals surface area contributed by atoms with Gasteiger partial charge in [-0.05, 0) is 61.7 Å². The summed E-state index contributed by atoms with van der Waals surface area (Å²) in [5.74, 6) is -0.0934. The Morgan fingerprint density at radius 3 is 2.48 bits per heavy atom. The molecule has 0 spiro atoms. The molecule has 162 valence electrons. The monoisotopic (exact) mass is 404 g/mol. The second-order valence-corrected chi connectivity index (χ2v) is 10.8. The Balaban J connectivity index is 1.83. The van der Waals surface area contributed by atoms with Crippen LogP contribution in [0.15, 0.2) is 11.1 Å². The van der Waals surface area contributed by atoms with Gasteiger partial charge in [-0.3, -0.25) is 9.59 Å². The molecular formula is C24H36O5. The first-order chi connectivity index (χ1) is 13.6. The van der Waals surface area contributed by atoms with Crippen molar-refractivity contribution in [3.05, 3.63) is 11.1 Å². The van der Waals surface area contributed by atoms with Crippen molar-refractivity contribution in [2.45, 2.75) is 78.4 Å². The number of aliphatic hydroxyl groups excluding tert-OH is 3. The van der Waals surface area contributed by atoms with Crippen molar-refractivity contribution in [3.8, 4) is 0 Å². The van der Waals surface area contributed by atoms with Crippen molar-refractivity contribution in [1.82, 2.24) is 0 Å². The molecule has 0 amide bonds. The smallest absolute Gasteiger partial charge is 0.188 e. The Bertz CT molecular complexity index is 756. The van der Waals surface area contributed by atoms with Gasteiger partial charge in [-0.2, -0.15) is 0 Å². The molecule has 4 aliphatic carbocycles. The molecule has 29 heavy (non-hydrogen) atoms. The van der Waals surface area contributed by atoms with E-state index < -0.39 is 23.0 Å². The lowest BCUT2D eigenvalue weighted by Gasteiger charge is -2.56. The summed E-state index contributed by atoms with van der Waals surface area (Å²) in [7, 11) is 0. The third-order valence-corrected chi connectivity index (χ3v) is 9.59. The summed E-state index contributed by atoms with van der Waals surface area (Å²) in [6, 6.07) is 0. The second-order valence-electron chi connectivity index (χ2n) is 10.8. The van der Waals surface area contributed by atoms with E-state index in [1.807, 2.05) is 13.8 Å². The van der Waals surface area contributed by atoms with E-state index >= 15 is 0 Å². The van der Waals surface area contributed by atoms with E-state index in [-0.39, 0.29) is 47.8 Å². The van der Waals surface area contributed by atoms with Crippen molar-refractivity contribution in [3.63, 3.8) is 0 Å². The predicted molar refractivity (Wildman–Crippen MR) is 109 cm³/mol. The van der Waals surface area contributed by atoms with E-state index in [1.165, 1.54) is 0 Å². The van der Waals surface area contributed by atoms with Gasteiger partial charge in [0.1, 0.15) is 6.10 Å². The number of rotatable bonds is 3. The maximum atomic E-state index is 13.7. The molecular weight excluding hydrogens is 368 g/mol. The highest BCUT2D eigenvalue weighted by atomic mass is 16.3. The summed E-state index contributed by atoms with van der Waals surface area (Å²) in [6.07, 6.45) is 2.47. The molecule has 0 radical (unpaired) electrons. The van der Waals surface area contributed by atoms with Gasteiger partial charge < -0.3 is 15.3 Å². The van der Waals surface area contributed by atoms with Crippen LogP contribution in [0.2, 0.25) is 0 Å². The quantitative estimate of drug-likeness (QED) is 0.672. The fourth-order valence-electron chi connectivity index (χ4n) is 7.80. The molecule has 4 aliphatic rings. The van der Waals surface area contributed by atoms with Gasteiger partial charge in [0.15, 0.2) is 11.6 Å². The van der Waals surface area contributed by atoms with Crippen LogP contribution in [0.25, 0.3) is 0 Å². The molecule has 0 aliphatic heterocycles. The minimum atomic E-state index is -1.11. The van der Waals surface area contributed by atoms with Gasteiger partial charge in [0, 0.05) is 35.0 Å². The van der Waals surface area contributed by atoms with Crippen LogP contribution in [0.4, 0.5) is 0 Å². The third kappa shape index (κ3) is 2.69. The fourth-order valence-corrected chi connectivity index (χ4v) is 7.80. The summed E-state index contributed by atoms with van der Waals surface area (Å²) in [5.41, 5.74) is 0.186. The van der Waals surface area contributed by atoms with Crippen molar-refractivity contribution in [2.24, 2.45) is 40.4 Å². The number of allylic oxidation sites excluding steroid dienone is 1. The molecule has 2 saturated carbocycles. The molecule has 0 unspecified atom stereocenters. The van der Waals surface area contributed by atoms with Crippen LogP contribution in [0, 0.1) is 40.4 Å². The molecule has 4 rings (SSSR count). The fraction of sp³-hybridized carbons (Fsp3) is 0.833. The summed E-state index contributed by atoms with van der Waals surface area (Å²) in [6.45, 7) is 8.23. The molecule has 9 atom stereocenters. The minimum absolute atomic E-state index is 0.0362. The van der Waals surface area contributed by atoms with Gasteiger partial charge in [-0.1, -0.05) is 27.7 Å². The highest BCUT2D eigenvalue weighted by Gasteiger charge is 2.64. The largest absolute Gasteiger partial charge is 0.396 e. The topological polar surface area (TPSA) is 94.8 Å². The summed E-state index contributed by atoms with van der Waals surface area (Å²) in [4.78, 5) is 27.1. The maximum Gasteiger partial charge on any atom is 0.188 e. The van der Waals surface area contributed by atoms with Crippen LogP contribution in [-0.4, -0.2) is 45.7 Å². The number of aliphatic hydroxyl groups is 3. The third-order valence-electron chi connectivity index (χ3n) is 9.59. The number of carbonyl (C=O) groups excluding carboxylic acids is 2. The van der Waals surface area contributed by atoms with E-state index in [9.17, 15) is 24.9 Å². The predicted octanol–water partition coefficient (Wildman–Crippen LogP) is 2.66. The lowest BCUT2D eigenvalue weighted by Crippen LogP contribution is -2.58. The SMILES string of the molecule is C[C@@H]1[C@H](O)CC[C@]2(C)C3=C(C(=O)C[C@@H]12)[C@@H]1CC[C@H]([C@H](C)CCO)[C@@]1(C)[C@@H](O)C3=O. The molecule has 5 heteroatoms. The van der Waals surface area contributed by atoms with Crippen molar-refractivity contribution < 1.29 is 24.9 Å². The van der Waals surface area contributed by atoms with Crippen molar-refractivity contribution in [2.75, 3.05) is 6.61 Å². The molecule has 3 N–H and O–H groups in total. The second kappa shape index (κ2) is 7.00. The summed E-state index contributed by atoms with van der Waals surface area (Å²) < 4.78 is 0. The van der Waals surface area contributed by atoms with Crippen LogP contribution in [0.3, 0.4) is 0 Å². The lowest BCUT2D eigenvalue weighted by atomic mass is 9.47. The zero-order valence-electron chi connectivity index (χ0n) is 18.1. The number of ketones is 2. The first-order valence-electron chi connectivity index (χ1n) is 11.4. The van der Waals surface area contributed by atoms with Gasteiger partial charge in [-0.25, -0.2) is 0 Å².